The lowest BCUT2D eigenvalue weighted by Gasteiger charge is -2.14. The van der Waals surface area contributed by atoms with Gasteiger partial charge in [0, 0.05) is 12.6 Å². The van der Waals surface area contributed by atoms with Crippen molar-refractivity contribution < 1.29 is 9.13 Å². The van der Waals surface area contributed by atoms with Crippen LogP contribution in [0.5, 0.6) is 0 Å². The van der Waals surface area contributed by atoms with Crippen molar-refractivity contribution in [3.63, 3.8) is 0 Å². The molecule has 1 N–H and O–H groups in total. The highest BCUT2D eigenvalue weighted by molar-refractivity contribution is 4.84. The summed E-state index contributed by atoms with van der Waals surface area (Å²) >= 11 is 0. The third-order valence-electron chi connectivity index (χ3n) is 2.36. The predicted octanol–water partition coefficient (Wildman–Crippen LogP) is 1.36. The van der Waals surface area contributed by atoms with E-state index in [1.165, 1.54) is 0 Å². The number of hydrogen-bond acceptors (Lipinski definition) is 2. The summed E-state index contributed by atoms with van der Waals surface area (Å²) in [6.45, 7) is 5.13. The molecule has 0 saturated carbocycles. The van der Waals surface area contributed by atoms with Crippen LogP contribution >= 0.6 is 0 Å². The molecule has 1 heterocycles. The lowest BCUT2D eigenvalue weighted by molar-refractivity contribution is 0.0549. The highest BCUT2D eigenvalue weighted by atomic mass is 19.1. The first-order valence-corrected chi connectivity index (χ1v) is 4.65. The van der Waals surface area contributed by atoms with Crippen LogP contribution in [0.1, 0.15) is 20.3 Å². The highest BCUT2D eigenvalue weighted by Gasteiger charge is 2.26. The van der Waals surface area contributed by atoms with Crippen molar-refractivity contribution in [3.05, 3.63) is 0 Å². The van der Waals surface area contributed by atoms with Gasteiger partial charge >= 0.3 is 0 Å². The molecule has 1 aliphatic rings. The van der Waals surface area contributed by atoms with E-state index in [1.807, 2.05) is 0 Å². The summed E-state index contributed by atoms with van der Waals surface area (Å²) in [6.07, 6.45) is 1.26. The number of halogens is 1. The van der Waals surface area contributed by atoms with Gasteiger partial charge in [-0.05, 0) is 12.3 Å². The predicted molar refractivity (Wildman–Crippen MR) is 47.0 cm³/mol. The van der Waals surface area contributed by atoms with Gasteiger partial charge in [-0.15, -0.1) is 0 Å². The zero-order valence-electron chi connectivity index (χ0n) is 7.85. The number of nitrogens with one attached hydrogen (secondary N) is 1. The van der Waals surface area contributed by atoms with Crippen molar-refractivity contribution >= 4 is 0 Å². The molecule has 0 spiro atoms. The molecule has 2 atom stereocenters. The van der Waals surface area contributed by atoms with E-state index in [9.17, 15) is 4.39 Å². The molecule has 0 bridgehead atoms. The first kappa shape index (κ1) is 9.93. The van der Waals surface area contributed by atoms with E-state index in [2.05, 4.69) is 19.2 Å². The standard InChI is InChI=1S/C9H18FNO/c1-7(2)9-5-8(6-11-9)12-4-3-10/h7-9,11H,3-6H2,1-2H3/t8-,9-/m1/s1. The minimum atomic E-state index is -0.372. The number of alkyl halides is 1. The third-order valence-corrected chi connectivity index (χ3v) is 2.36. The Kier molecular flexibility index (Phi) is 3.95. The third kappa shape index (κ3) is 2.72. The van der Waals surface area contributed by atoms with E-state index >= 15 is 0 Å². The largest absolute Gasteiger partial charge is 0.374 e. The van der Waals surface area contributed by atoms with Gasteiger partial charge < -0.3 is 10.1 Å². The number of hydrogen-bond donors (Lipinski definition) is 1. The Morgan fingerprint density at radius 3 is 2.83 bits per heavy atom. The summed E-state index contributed by atoms with van der Waals surface area (Å²) in [5.74, 6) is 0.643. The molecule has 3 heteroatoms. The summed E-state index contributed by atoms with van der Waals surface area (Å²) in [6, 6.07) is 0.551. The molecule has 0 radical (unpaired) electrons. The van der Waals surface area contributed by atoms with Crippen LogP contribution < -0.4 is 5.32 Å². The van der Waals surface area contributed by atoms with Gasteiger partial charge in [-0.3, -0.25) is 0 Å². The molecule has 1 aliphatic heterocycles. The number of ether oxygens (including phenoxy) is 1. The zero-order valence-corrected chi connectivity index (χ0v) is 7.85. The minimum Gasteiger partial charge on any atom is -0.374 e. The molecule has 0 aromatic heterocycles. The average Bonchev–Trinajstić information content (AvgIpc) is 2.48. The first-order chi connectivity index (χ1) is 5.74. The lowest BCUT2D eigenvalue weighted by Crippen LogP contribution is -2.26. The SMILES string of the molecule is CC(C)[C@H]1C[C@@H](OCCF)CN1. The molecule has 1 fully saturated rings. The molecule has 12 heavy (non-hydrogen) atoms. The van der Waals surface area contributed by atoms with Gasteiger partial charge in [0.25, 0.3) is 0 Å². The van der Waals surface area contributed by atoms with Crippen LogP contribution in [0.15, 0.2) is 0 Å². The Morgan fingerprint density at radius 1 is 1.58 bits per heavy atom. The molecule has 0 amide bonds. The second-order valence-corrected chi connectivity index (χ2v) is 3.68. The van der Waals surface area contributed by atoms with Gasteiger partial charge in [-0.1, -0.05) is 13.8 Å². The van der Waals surface area contributed by atoms with Crippen LogP contribution in [0, 0.1) is 5.92 Å². The average molecular weight is 175 g/mol. The van der Waals surface area contributed by atoms with Gasteiger partial charge in [0.05, 0.1) is 12.7 Å². The van der Waals surface area contributed by atoms with E-state index in [1.54, 1.807) is 0 Å². The molecule has 1 rings (SSSR count). The second-order valence-electron chi connectivity index (χ2n) is 3.68. The fourth-order valence-electron chi connectivity index (χ4n) is 1.58. The Balaban J connectivity index is 2.17. The molecule has 0 unspecified atom stereocenters. The smallest absolute Gasteiger partial charge is 0.113 e. The molecular weight excluding hydrogens is 157 g/mol. The maximum Gasteiger partial charge on any atom is 0.113 e. The van der Waals surface area contributed by atoms with E-state index in [-0.39, 0.29) is 19.4 Å². The van der Waals surface area contributed by atoms with Gasteiger partial charge in [-0.2, -0.15) is 0 Å². The molecule has 2 nitrogen and oxygen atoms in total. The van der Waals surface area contributed by atoms with Crippen LogP contribution in [0.3, 0.4) is 0 Å². The summed E-state index contributed by atoms with van der Waals surface area (Å²) < 4.78 is 17.1. The monoisotopic (exact) mass is 175 g/mol. The van der Waals surface area contributed by atoms with Crippen molar-refractivity contribution in [3.8, 4) is 0 Å². The fourth-order valence-corrected chi connectivity index (χ4v) is 1.58. The first-order valence-electron chi connectivity index (χ1n) is 4.65. The van der Waals surface area contributed by atoms with Gasteiger partial charge in [0.2, 0.25) is 0 Å². The van der Waals surface area contributed by atoms with Crippen LogP contribution in [-0.2, 0) is 4.74 Å². The van der Waals surface area contributed by atoms with Crippen molar-refractivity contribution in [2.45, 2.75) is 32.4 Å². The lowest BCUT2D eigenvalue weighted by atomic mass is 10.0. The van der Waals surface area contributed by atoms with Gasteiger partial charge in [-0.25, -0.2) is 4.39 Å². The molecule has 1 saturated heterocycles. The Morgan fingerprint density at radius 2 is 2.33 bits per heavy atom. The van der Waals surface area contributed by atoms with Gasteiger partial charge in [0.1, 0.15) is 6.67 Å². The topological polar surface area (TPSA) is 21.3 Å². The zero-order chi connectivity index (χ0) is 8.97. The van der Waals surface area contributed by atoms with Crippen molar-refractivity contribution in [1.82, 2.24) is 5.32 Å². The molecule has 72 valence electrons. The molecule has 0 aromatic rings. The van der Waals surface area contributed by atoms with E-state index < -0.39 is 0 Å². The number of rotatable bonds is 4. The maximum absolute atomic E-state index is 11.8. The second kappa shape index (κ2) is 4.77. The highest BCUT2D eigenvalue weighted by Crippen LogP contribution is 2.16. The molecule has 0 aliphatic carbocycles. The molecular formula is C9H18FNO. The fraction of sp³-hybridized carbons (Fsp3) is 1.00. The van der Waals surface area contributed by atoms with E-state index in [4.69, 9.17) is 4.74 Å². The normalized spacial score (nSPS) is 30.0. The Labute approximate surface area is 73.5 Å². The summed E-state index contributed by atoms with van der Waals surface area (Å²) in [4.78, 5) is 0. The summed E-state index contributed by atoms with van der Waals surface area (Å²) in [7, 11) is 0. The summed E-state index contributed by atoms with van der Waals surface area (Å²) in [5, 5.41) is 3.37. The van der Waals surface area contributed by atoms with E-state index in [0.717, 1.165) is 13.0 Å². The van der Waals surface area contributed by atoms with Crippen LogP contribution in [0.2, 0.25) is 0 Å². The van der Waals surface area contributed by atoms with Crippen LogP contribution in [-0.4, -0.2) is 32.0 Å². The van der Waals surface area contributed by atoms with Crippen molar-refractivity contribution in [1.29, 1.82) is 0 Å². The van der Waals surface area contributed by atoms with Crippen LogP contribution in [0.4, 0.5) is 4.39 Å². The Bertz CT molecular complexity index is 130. The Hall–Kier alpha value is -0.150. The van der Waals surface area contributed by atoms with E-state index in [0.29, 0.717) is 12.0 Å². The van der Waals surface area contributed by atoms with Crippen molar-refractivity contribution in [2.24, 2.45) is 5.92 Å². The van der Waals surface area contributed by atoms with Crippen molar-refractivity contribution in [2.75, 3.05) is 19.8 Å². The van der Waals surface area contributed by atoms with Gasteiger partial charge in [0.15, 0.2) is 0 Å². The molecule has 0 aromatic carbocycles. The quantitative estimate of drug-likeness (QED) is 0.696. The van der Waals surface area contributed by atoms with Crippen LogP contribution in [0.25, 0.3) is 0 Å². The summed E-state index contributed by atoms with van der Waals surface area (Å²) in [5.41, 5.74) is 0. The maximum atomic E-state index is 11.8. The minimum absolute atomic E-state index is 0.230.